The van der Waals surface area contributed by atoms with E-state index in [-0.39, 0.29) is 39.6 Å². The number of benzene rings is 2. The molecule has 3 atom stereocenters. The van der Waals surface area contributed by atoms with E-state index < -0.39 is 35.2 Å². The van der Waals surface area contributed by atoms with E-state index in [0.717, 1.165) is 23.1 Å². The molecule has 0 radical (unpaired) electrons. The molecule has 1 heterocycles. The molecule has 0 bridgehead atoms. The van der Waals surface area contributed by atoms with Crippen LogP contribution in [0.4, 0.5) is 0 Å². The number of nitrogens with two attached hydrogens (primary N) is 2. The third-order valence-electron chi connectivity index (χ3n) is 7.56. The Balaban J connectivity index is 1.32. The quantitative estimate of drug-likeness (QED) is 0.0921. The van der Waals surface area contributed by atoms with Crippen LogP contribution in [-0.4, -0.2) is 79.1 Å². The van der Waals surface area contributed by atoms with E-state index in [4.69, 9.17) is 34.8 Å². The van der Waals surface area contributed by atoms with Crippen LogP contribution in [0.3, 0.4) is 0 Å². The molecule has 0 aliphatic carbocycles. The highest BCUT2D eigenvalue weighted by Crippen LogP contribution is 2.31. The lowest BCUT2D eigenvalue weighted by Gasteiger charge is -2.33. The summed E-state index contributed by atoms with van der Waals surface area (Å²) in [4.78, 5) is 12.6. The molecule has 0 spiro atoms. The molecule has 256 valence electrons. The minimum atomic E-state index is -1.00. The van der Waals surface area contributed by atoms with Gasteiger partial charge in [-0.15, -0.1) is 0 Å². The zero-order chi connectivity index (χ0) is 33.7. The van der Waals surface area contributed by atoms with E-state index in [1.165, 1.54) is 24.8 Å². The van der Waals surface area contributed by atoms with E-state index in [9.17, 15) is 15.0 Å². The molecule has 0 saturated heterocycles. The predicted molar refractivity (Wildman–Crippen MR) is 180 cm³/mol. The molecule has 10 nitrogen and oxygen atoms in total. The molecule has 1 aromatic heterocycles. The van der Waals surface area contributed by atoms with Gasteiger partial charge < -0.3 is 45.0 Å². The minimum Gasteiger partial charge on any atom is -0.491 e. The van der Waals surface area contributed by atoms with E-state index in [1.54, 1.807) is 13.8 Å². The Morgan fingerprint density at radius 2 is 1.52 bits per heavy atom. The van der Waals surface area contributed by atoms with Gasteiger partial charge in [-0.25, -0.2) is 0 Å². The van der Waals surface area contributed by atoms with Crippen molar-refractivity contribution in [2.24, 2.45) is 17.4 Å². The molecule has 3 aromatic rings. The molecular weight excluding hydrogens is 588 g/mol. The molecule has 6 N–H and O–H groups in total. The van der Waals surface area contributed by atoms with Gasteiger partial charge in [0.15, 0.2) is 0 Å². The van der Waals surface area contributed by atoms with Crippen LogP contribution >= 0.6 is 0 Å². The number of hydrogen-bond donors (Lipinski definition) is 4. The number of unbranched alkanes of at least 4 members (excludes halogenated alkanes) is 2. The Morgan fingerprint density at radius 3 is 2.13 bits per heavy atom. The predicted octanol–water partition coefficient (Wildman–Crippen LogP) is 4.99. The Labute approximate surface area is 273 Å². The fraction of sp³-hybridized carbons (Fsp3) is 0.583. The van der Waals surface area contributed by atoms with Crippen molar-refractivity contribution in [3.63, 3.8) is 0 Å². The number of aliphatic hydroxyl groups excluding tert-OH is 2. The molecule has 10 heteroatoms. The zero-order valence-electron chi connectivity index (χ0n) is 28.1. The molecule has 0 aliphatic heterocycles. The number of aliphatic hydroxyl groups is 2. The second kappa shape index (κ2) is 17.8. The van der Waals surface area contributed by atoms with Crippen LogP contribution < -0.4 is 16.2 Å². The van der Waals surface area contributed by atoms with Crippen LogP contribution in [0.15, 0.2) is 52.9 Å². The van der Waals surface area contributed by atoms with Crippen molar-refractivity contribution in [3.05, 3.63) is 54.1 Å². The summed E-state index contributed by atoms with van der Waals surface area (Å²) >= 11 is 0. The van der Waals surface area contributed by atoms with Gasteiger partial charge in [-0.1, -0.05) is 44.0 Å². The molecule has 3 unspecified atom stereocenters. The lowest BCUT2D eigenvalue weighted by Crippen LogP contribution is -2.50. The second-order valence-electron chi connectivity index (χ2n) is 13.4. The molecule has 0 fully saturated rings. The highest BCUT2D eigenvalue weighted by Gasteiger charge is 2.36. The third-order valence-corrected chi connectivity index (χ3v) is 7.56. The average molecular weight is 643 g/mol. The van der Waals surface area contributed by atoms with Crippen molar-refractivity contribution in [1.82, 2.24) is 0 Å². The Hall–Kier alpha value is -2.99. The molecule has 0 amide bonds. The van der Waals surface area contributed by atoms with Gasteiger partial charge in [0, 0.05) is 28.1 Å². The summed E-state index contributed by atoms with van der Waals surface area (Å²) in [6.07, 6.45) is 3.26. The van der Waals surface area contributed by atoms with Crippen LogP contribution in [-0.2, 0) is 25.4 Å². The summed E-state index contributed by atoms with van der Waals surface area (Å²) in [6.45, 7) is 9.59. The van der Waals surface area contributed by atoms with E-state index >= 15 is 0 Å². The fourth-order valence-corrected chi connectivity index (χ4v) is 4.96. The number of carbonyl (C=O) groups excluding carboxylic acids is 1. The Kier molecular flexibility index (Phi) is 14.5. The van der Waals surface area contributed by atoms with Gasteiger partial charge in [-0.2, -0.15) is 0 Å². The maximum atomic E-state index is 12.6. The highest BCUT2D eigenvalue weighted by molar-refractivity contribution is 5.84. The fourth-order valence-electron chi connectivity index (χ4n) is 4.96. The van der Waals surface area contributed by atoms with Crippen molar-refractivity contribution in [1.29, 1.82) is 0 Å². The first-order chi connectivity index (χ1) is 21.7. The van der Waals surface area contributed by atoms with Crippen LogP contribution in [0.5, 0.6) is 5.75 Å². The van der Waals surface area contributed by atoms with Gasteiger partial charge in [-0.05, 0) is 70.7 Å². The summed E-state index contributed by atoms with van der Waals surface area (Å²) in [5.41, 5.74) is 13.9. The molecule has 46 heavy (non-hydrogen) atoms. The largest absolute Gasteiger partial charge is 0.491 e. The van der Waals surface area contributed by atoms with Gasteiger partial charge in [0.1, 0.15) is 42.5 Å². The lowest BCUT2D eigenvalue weighted by atomic mass is 9.80. The van der Waals surface area contributed by atoms with Crippen LogP contribution in [0.2, 0.25) is 0 Å². The van der Waals surface area contributed by atoms with Gasteiger partial charge in [0.05, 0.1) is 32.3 Å². The minimum absolute atomic E-state index is 0.0390. The number of hydrogen-bond acceptors (Lipinski definition) is 10. The molecule has 0 saturated carbocycles. The van der Waals surface area contributed by atoms with Crippen molar-refractivity contribution in [2.75, 3.05) is 39.6 Å². The van der Waals surface area contributed by atoms with Gasteiger partial charge in [-0.3, -0.25) is 4.79 Å². The summed E-state index contributed by atoms with van der Waals surface area (Å²) in [5.74, 6) is 0.271. The van der Waals surface area contributed by atoms with Gasteiger partial charge in [0.25, 0.3) is 0 Å². The Morgan fingerprint density at radius 1 is 0.870 bits per heavy atom. The van der Waals surface area contributed by atoms with E-state index in [1.807, 2.05) is 38.1 Å². The van der Waals surface area contributed by atoms with Gasteiger partial charge in [0.2, 0.25) is 0 Å². The maximum absolute atomic E-state index is 12.6. The first-order valence-corrected chi connectivity index (χ1v) is 16.3. The number of esters is 1. The normalized spacial score (nSPS) is 14.3. The maximum Gasteiger partial charge on any atom is 0.310 e. The smallest absolute Gasteiger partial charge is 0.310 e. The van der Waals surface area contributed by atoms with E-state index in [2.05, 4.69) is 31.2 Å². The molecule has 3 rings (SSSR count). The number of aryl methyl sites for hydroxylation is 1. The van der Waals surface area contributed by atoms with E-state index in [0.29, 0.717) is 17.8 Å². The highest BCUT2D eigenvalue weighted by atomic mass is 16.6. The van der Waals surface area contributed by atoms with Crippen molar-refractivity contribution < 1.29 is 38.4 Å². The first kappa shape index (κ1) is 37.5. The number of furan rings is 1. The topological polar surface area (TPSA) is 160 Å². The number of rotatable bonds is 21. The molecule has 0 aliphatic rings. The number of fused-ring (bicyclic) bond motifs is 1. The lowest BCUT2D eigenvalue weighted by molar-refractivity contribution is -0.155. The van der Waals surface area contributed by atoms with Crippen molar-refractivity contribution in [2.45, 2.75) is 90.0 Å². The average Bonchev–Trinajstić information content (AvgIpc) is 3.42. The van der Waals surface area contributed by atoms with Crippen LogP contribution in [0, 0.1) is 5.92 Å². The Bertz CT molecular complexity index is 1330. The van der Waals surface area contributed by atoms with Gasteiger partial charge >= 0.3 is 5.97 Å². The number of ether oxygens (including phenoxy) is 4. The van der Waals surface area contributed by atoms with Crippen LogP contribution in [0.25, 0.3) is 22.3 Å². The van der Waals surface area contributed by atoms with Crippen molar-refractivity contribution in [3.8, 4) is 17.1 Å². The number of carbonyl (C=O) groups is 1. The molecule has 2 aromatic carbocycles. The first-order valence-electron chi connectivity index (χ1n) is 16.3. The summed E-state index contributed by atoms with van der Waals surface area (Å²) in [6, 6.07) is 16.1. The second-order valence-corrected chi connectivity index (χ2v) is 13.4. The summed E-state index contributed by atoms with van der Waals surface area (Å²) in [7, 11) is 0. The van der Waals surface area contributed by atoms with Crippen molar-refractivity contribution >= 4 is 16.9 Å². The summed E-state index contributed by atoms with van der Waals surface area (Å²) in [5, 5.41) is 21.4. The standard InChI is InChI=1S/C36H54N2O8/c1-6-7-8-9-25-10-12-26(13-11-25)32-18-27-14-15-30(19-33(27)46-32)44-23-28(39)21-42-16-17-43-22-29(40)24-45-34(41)31(36(4,5)38)20-35(2,3)37/h10-15,18-19,28-29,31,39-40H,6-9,16-17,20-24,37-38H2,1-5H3. The monoisotopic (exact) mass is 642 g/mol. The molecular formula is C36H54N2O8. The zero-order valence-corrected chi connectivity index (χ0v) is 28.1. The SMILES string of the molecule is CCCCCc1ccc(-c2cc3ccc(OCC(O)COCCOCC(O)COC(=O)C(CC(C)(C)N)C(C)(C)N)cc3o2)cc1. The van der Waals surface area contributed by atoms with Crippen LogP contribution in [0.1, 0.15) is 65.9 Å². The third kappa shape index (κ3) is 13.0. The summed E-state index contributed by atoms with van der Waals surface area (Å²) < 4.78 is 28.0.